The third-order valence-electron chi connectivity index (χ3n) is 8.84. The lowest BCUT2D eigenvalue weighted by Crippen LogP contribution is -2.09. The molecule has 0 radical (unpaired) electrons. The predicted octanol–water partition coefficient (Wildman–Crippen LogP) is 12.9. The van der Waals surface area contributed by atoms with E-state index in [0.717, 1.165) is 28.2 Å². The van der Waals surface area contributed by atoms with Crippen molar-refractivity contribution >= 4 is 113 Å². The molecule has 0 N–H and O–H groups in total. The van der Waals surface area contributed by atoms with Crippen LogP contribution in [0, 0.1) is 0 Å². The molecule has 206 valence electrons. The maximum absolute atomic E-state index is 6.62. The van der Waals surface area contributed by atoms with Gasteiger partial charge in [0.15, 0.2) is 0 Å². The number of fused-ring (bicyclic) bond motifs is 12. The number of para-hydroxylation sites is 1. The van der Waals surface area contributed by atoms with E-state index in [1.807, 2.05) is 22.7 Å². The minimum atomic E-state index is 0.939. The molecule has 0 saturated carbocycles. The van der Waals surface area contributed by atoms with Crippen LogP contribution < -0.4 is 4.90 Å². The van der Waals surface area contributed by atoms with E-state index in [0.29, 0.717) is 0 Å². The predicted molar refractivity (Wildman–Crippen MR) is 192 cm³/mol. The molecule has 0 aliphatic heterocycles. The molecule has 0 spiro atoms. The number of rotatable bonds is 3. The fourth-order valence-corrected chi connectivity index (χ4v) is 9.09. The van der Waals surface area contributed by atoms with Gasteiger partial charge in [-0.1, -0.05) is 72.8 Å². The van der Waals surface area contributed by atoms with Gasteiger partial charge < -0.3 is 9.32 Å². The number of anilines is 3. The number of nitrogens with zero attached hydrogens (tertiary/aromatic N) is 1. The highest BCUT2D eigenvalue weighted by Gasteiger charge is 2.19. The van der Waals surface area contributed by atoms with Crippen molar-refractivity contribution in [3.8, 4) is 0 Å². The Morgan fingerprint density at radius 3 is 2.05 bits per heavy atom. The van der Waals surface area contributed by atoms with E-state index in [1.54, 1.807) is 0 Å². The Morgan fingerprint density at radius 1 is 0.409 bits per heavy atom. The van der Waals surface area contributed by atoms with Crippen LogP contribution in [0.4, 0.5) is 17.1 Å². The first-order valence-electron chi connectivity index (χ1n) is 14.8. The van der Waals surface area contributed by atoms with Crippen LogP contribution in [0.5, 0.6) is 0 Å². The molecule has 2 nitrogen and oxygen atoms in total. The molecule has 3 heterocycles. The summed E-state index contributed by atoms with van der Waals surface area (Å²) >= 11 is 3.69. The zero-order valence-corrected chi connectivity index (χ0v) is 25.1. The highest BCUT2D eigenvalue weighted by atomic mass is 32.1. The summed E-state index contributed by atoms with van der Waals surface area (Å²) in [5, 5.41) is 9.88. The van der Waals surface area contributed by atoms with Crippen molar-refractivity contribution in [1.82, 2.24) is 0 Å². The summed E-state index contributed by atoms with van der Waals surface area (Å²) in [5.41, 5.74) is 5.34. The van der Waals surface area contributed by atoms with E-state index in [9.17, 15) is 0 Å². The Balaban J connectivity index is 1.20. The van der Waals surface area contributed by atoms with Crippen molar-refractivity contribution in [3.05, 3.63) is 140 Å². The molecule has 0 saturated heterocycles. The largest absolute Gasteiger partial charge is 0.455 e. The maximum atomic E-state index is 6.62. The number of hydrogen-bond acceptors (Lipinski definition) is 4. The van der Waals surface area contributed by atoms with Crippen molar-refractivity contribution in [2.24, 2.45) is 0 Å². The van der Waals surface area contributed by atoms with E-state index < -0.39 is 0 Å². The highest BCUT2D eigenvalue weighted by Crippen LogP contribution is 2.46. The van der Waals surface area contributed by atoms with Gasteiger partial charge in [-0.2, -0.15) is 0 Å². The van der Waals surface area contributed by atoms with Gasteiger partial charge in [-0.05, 0) is 77.5 Å². The van der Waals surface area contributed by atoms with Crippen molar-refractivity contribution in [2.45, 2.75) is 0 Å². The molecule has 3 aromatic heterocycles. The lowest BCUT2D eigenvalue weighted by atomic mass is 10.0. The minimum absolute atomic E-state index is 0.939. The summed E-state index contributed by atoms with van der Waals surface area (Å²) in [6, 6.07) is 50.5. The van der Waals surface area contributed by atoms with Crippen LogP contribution in [-0.2, 0) is 0 Å². The Hall–Kier alpha value is -5.16. The lowest BCUT2D eigenvalue weighted by Gasteiger charge is -2.25. The normalized spacial score (nSPS) is 12.1. The average molecular weight is 598 g/mol. The van der Waals surface area contributed by atoms with Crippen LogP contribution in [0.15, 0.2) is 144 Å². The molecule has 0 aliphatic carbocycles. The summed E-state index contributed by atoms with van der Waals surface area (Å²) in [6.07, 6.45) is 0. The van der Waals surface area contributed by atoms with Crippen molar-refractivity contribution in [3.63, 3.8) is 0 Å². The van der Waals surface area contributed by atoms with Crippen molar-refractivity contribution in [2.75, 3.05) is 4.90 Å². The van der Waals surface area contributed by atoms with Crippen LogP contribution >= 0.6 is 22.7 Å². The van der Waals surface area contributed by atoms with Gasteiger partial charge in [0.05, 0.1) is 0 Å². The summed E-state index contributed by atoms with van der Waals surface area (Å²) < 4.78 is 11.7. The third kappa shape index (κ3) is 3.47. The maximum Gasteiger partial charge on any atom is 0.144 e. The molecule has 0 bridgehead atoms. The van der Waals surface area contributed by atoms with Crippen molar-refractivity contribution in [1.29, 1.82) is 0 Å². The minimum Gasteiger partial charge on any atom is -0.455 e. The lowest BCUT2D eigenvalue weighted by molar-refractivity contribution is 0.673. The molecular weight excluding hydrogens is 575 g/mol. The summed E-state index contributed by atoms with van der Waals surface area (Å²) in [4.78, 5) is 2.37. The van der Waals surface area contributed by atoms with Crippen molar-refractivity contribution < 1.29 is 4.42 Å². The molecule has 0 aliphatic rings. The Bertz CT molecular complexity index is 2730. The van der Waals surface area contributed by atoms with E-state index in [-0.39, 0.29) is 0 Å². The van der Waals surface area contributed by atoms with Crippen LogP contribution in [-0.4, -0.2) is 0 Å². The topological polar surface area (TPSA) is 16.4 Å². The first-order valence-corrected chi connectivity index (χ1v) is 16.4. The van der Waals surface area contributed by atoms with Gasteiger partial charge in [0.25, 0.3) is 0 Å². The Kier molecular flexibility index (Phi) is 5.06. The molecule has 10 aromatic rings. The van der Waals surface area contributed by atoms with Crippen LogP contribution in [0.25, 0.3) is 73.1 Å². The molecule has 0 amide bonds. The fraction of sp³-hybridized carbons (Fsp3) is 0. The molecule has 7 aromatic carbocycles. The van der Waals surface area contributed by atoms with Crippen LogP contribution in [0.2, 0.25) is 0 Å². The molecule has 44 heavy (non-hydrogen) atoms. The van der Waals surface area contributed by atoms with Gasteiger partial charge in [-0.3, -0.25) is 0 Å². The first kappa shape index (κ1) is 24.3. The molecule has 0 atom stereocenters. The number of furan rings is 1. The molecule has 4 heteroatoms. The Labute approximate surface area is 260 Å². The van der Waals surface area contributed by atoms with E-state index in [2.05, 4.69) is 144 Å². The second-order valence-electron chi connectivity index (χ2n) is 11.3. The second kappa shape index (κ2) is 9.17. The number of thiophene rings is 2. The highest BCUT2D eigenvalue weighted by molar-refractivity contribution is 7.26. The molecule has 10 rings (SSSR count). The first-order chi connectivity index (χ1) is 21.8. The smallest absolute Gasteiger partial charge is 0.144 e. The summed E-state index contributed by atoms with van der Waals surface area (Å²) in [7, 11) is 0. The van der Waals surface area contributed by atoms with Gasteiger partial charge in [0, 0.05) is 68.2 Å². The quantitative estimate of drug-likeness (QED) is 0.201. The van der Waals surface area contributed by atoms with E-state index in [4.69, 9.17) is 4.42 Å². The monoisotopic (exact) mass is 597 g/mol. The van der Waals surface area contributed by atoms with Crippen LogP contribution in [0.1, 0.15) is 0 Å². The second-order valence-corrected chi connectivity index (χ2v) is 13.5. The molecule has 0 unspecified atom stereocenters. The van der Waals surface area contributed by atoms with Crippen LogP contribution in [0.3, 0.4) is 0 Å². The zero-order valence-electron chi connectivity index (χ0n) is 23.5. The summed E-state index contributed by atoms with van der Waals surface area (Å²) in [6.45, 7) is 0. The van der Waals surface area contributed by atoms with Gasteiger partial charge in [0.1, 0.15) is 11.2 Å². The molecular formula is C40H23NOS2. The van der Waals surface area contributed by atoms with Gasteiger partial charge in [0.2, 0.25) is 0 Å². The Morgan fingerprint density at radius 2 is 1.11 bits per heavy atom. The summed E-state index contributed by atoms with van der Waals surface area (Å²) in [5.74, 6) is 0. The third-order valence-corrected chi connectivity index (χ3v) is 11.1. The van der Waals surface area contributed by atoms with E-state index in [1.165, 1.54) is 61.9 Å². The van der Waals surface area contributed by atoms with Gasteiger partial charge in [-0.25, -0.2) is 0 Å². The zero-order chi connectivity index (χ0) is 28.8. The SMILES string of the molecule is c1ccc(N(c2ccc3c(c2)sc2ccc4c(oc5ccc6ccccc6c54)c23)c2ccc3sc4ccccc4c3c2)cc1. The van der Waals surface area contributed by atoms with E-state index >= 15 is 0 Å². The number of benzene rings is 7. The average Bonchev–Trinajstić information content (AvgIpc) is 3.76. The van der Waals surface area contributed by atoms with Gasteiger partial charge >= 0.3 is 0 Å². The standard InChI is InChI=1S/C40H23NOS2/c1-2-9-25(10-3-1)41(26-16-20-35-32(22-26)29-12-6-7-13-34(29)43-35)27-15-17-30-37(23-27)44-36-21-18-31-38-28-11-5-4-8-24(28)14-19-33(38)42-40(31)39(30)36/h1-23H. The molecule has 0 fully saturated rings. The van der Waals surface area contributed by atoms with Gasteiger partial charge in [-0.15, -0.1) is 22.7 Å². The number of hydrogen-bond donors (Lipinski definition) is 0. The fourth-order valence-electron chi connectivity index (χ4n) is 6.87.